The number of nitrogens with zero attached hydrogens (tertiary/aromatic N) is 3. The third-order valence-electron chi connectivity index (χ3n) is 8.16. The molecule has 1 N–H and O–H groups in total. The standard InChI is InChI=1S/C27H37ClN4O5/c1-27(2,3)37-26(35)30-12-11-18(15-30)31-23-19-9-6-10-21(36-4)22(19)29-14-20(23)24(33)32(25(31)34)17-8-5-7-16(28)13-17/h5,7-8,13,18-23,29H,6,9-12,14-15H2,1-4H3/t18-,19?,20?,21?,22?,23?/m0/s1. The Morgan fingerprint density at radius 1 is 1.16 bits per heavy atom. The van der Waals surface area contributed by atoms with Crippen LogP contribution in [0.15, 0.2) is 24.3 Å². The summed E-state index contributed by atoms with van der Waals surface area (Å²) >= 11 is 6.24. The number of halogens is 1. The van der Waals surface area contributed by atoms with Crippen LogP contribution in [0.4, 0.5) is 15.3 Å². The first kappa shape index (κ1) is 26.3. The molecule has 0 bridgehead atoms. The zero-order valence-corrected chi connectivity index (χ0v) is 22.7. The number of carbonyl (C=O) groups excluding carboxylic acids is 3. The molecule has 1 saturated carbocycles. The third kappa shape index (κ3) is 4.93. The summed E-state index contributed by atoms with van der Waals surface area (Å²) in [5.41, 5.74) is -0.134. The topological polar surface area (TPSA) is 91.4 Å². The van der Waals surface area contributed by atoms with Crippen LogP contribution in [0.1, 0.15) is 46.5 Å². The second-order valence-electron chi connectivity index (χ2n) is 11.6. The highest BCUT2D eigenvalue weighted by Crippen LogP contribution is 2.43. The summed E-state index contributed by atoms with van der Waals surface area (Å²) in [6, 6.07) is 6.11. The highest BCUT2D eigenvalue weighted by Gasteiger charge is 2.57. The Morgan fingerprint density at radius 3 is 2.65 bits per heavy atom. The molecule has 3 aliphatic heterocycles. The van der Waals surface area contributed by atoms with Crippen molar-refractivity contribution in [3.63, 3.8) is 0 Å². The first-order valence-electron chi connectivity index (χ1n) is 13.2. The number of imide groups is 1. The van der Waals surface area contributed by atoms with Gasteiger partial charge in [-0.3, -0.25) is 4.79 Å². The molecular formula is C27H37ClN4O5. The van der Waals surface area contributed by atoms with Gasteiger partial charge in [-0.2, -0.15) is 0 Å². The number of anilines is 1. The minimum atomic E-state index is -0.601. The van der Waals surface area contributed by atoms with Gasteiger partial charge >= 0.3 is 12.1 Å². The second-order valence-corrected chi connectivity index (χ2v) is 12.0. The van der Waals surface area contributed by atoms with E-state index in [4.69, 9.17) is 21.1 Å². The van der Waals surface area contributed by atoms with E-state index in [9.17, 15) is 14.4 Å². The third-order valence-corrected chi connectivity index (χ3v) is 8.40. The van der Waals surface area contributed by atoms with Gasteiger partial charge in [-0.1, -0.05) is 24.1 Å². The Labute approximate surface area is 223 Å². The number of carbonyl (C=O) groups is 3. The quantitative estimate of drug-likeness (QED) is 0.635. The number of urea groups is 1. The number of benzene rings is 1. The average molecular weight is 533 g/mol. The lowest BCUT2D eigenvalue weighted by molar-refractivity contribution is -0.131. The Hall–Kier alpha value is -2.36. The Morgan fingerprint density at radius 2 is 1.95 bits per heavy atom. The molecule has 37 heavy (non-hydrogen) atoms. The molecule has 202 valence electrons. The predicted octanol–water partition coefficient (Wildman–Crippen LogP) is 3.89. The fraction of sp³-hybridized carbons (Fsp3) is 0.667. The molecule has 1 aromatic carbocycles. The number of fused-ring (bicyclic) bond motifs is 3. The monoisotopic (exact) mass is 532 g/mol. The number of nitrogens with one attached hydrogen (secondary N) is 1. The van der Waals surface area contributed by atoms with Gasteiger partial charge in [0.1, 0.15) is 5.60 Å². The number of likely N-dealkylation sites (tertiary alicyclic amines) is 1. The maximum Gasteiger partial charge on any atom is 0.410 e. The van der Waals surface area contributed by atoms with Gasteiger partial charge in [0.25, 0.3) is 0 Å². The summed E-state index contributed by atoms with van der Waals surface area (Å²) in [7, 11) is 1.73. The largest absolute Gasteiger partial charge is 0.444 e. The fourth-order valence-electron chi connectivity index (χ4n) is 6.65. The minimum Gasteiger partial charge on any atom is -0.444 e. The van der Waals surface area contributed by atoms with Crippen molar-refractivity contribution in [3.05, 3.63) is 29.3 Å². The first-order valence-corrected chi connectivity index (χ1v) is 13.6. The Kier molecular flexibility index (Phi) is 7.15. The van der Waals surface area contributed by atoms with Crippen molar-refractivity contribution < 1.29 is 23.9 Å². The SMILES string of the molecule is COC1CCCC2C1NCC1C(=O)N(c3cccc(Cl)c3)C(=O)N([C@H]3CCN(C(=O)OC(C)(C)C)C3)C12. The molecule has 4 aliphatic rings. The molecule has 5 unspecified atom stereocenters. The molecule has 0 spiro atoms. The molecule has 5 rings (SSSR count). The summed E-state index contributed by atoms with van der Waals surface area (Å²) in [5.74, 6) is -0.521. The molecule has 3 heterocycles. The van der Waals surface area contributed by atoms with Gasteiger partial charge in [0.05, 0.1) is 29.8 Å². The molecule has 0 aromatic heterocycles. The van der Waals surface area contributed by atoms with Crippen LogP contribution in [0.5, 0.6) is 0 Å². The lowest BCUT2D eigenvalue weighted by Crippen LogP contribution is -2.74. The van der Waals surface area contributed by atoms with E-state index in [1.807, 2.05) is 25.7 Å². The molecule has 1 aliphatic carbocycles. The van der Waals surface area contributed by atoms with E-state index < -0.39 is 11.5 Å². The van der Waals surface area contributed by atoms with E-state index in [2.05, 4.69) is 5.32 Å². The van der Waals surface area contributed by atoms with Gasteiger partial charge in [-0.05, 0) is 64.2 Å². The summed E-state index contributed by atoms with van der Waals surface area (Å²) in [5, 5.41) is 4.05. The molecule has 0 radical (unpaired) electrons. The number of piperidine rings is 1. The highest BCUT2D eigenvalue weighted by molar-refractivity contribution is 6.31. The second kappa shape index (κ2) is 10.1. The van der Waals surface area contributed by atoms with Crippen LogP contribution in [0.3, 0.4) is 0 Å². The fourth-order valence-corrected chi connectivity index (χ4v) is 6.84. The van der Waals surface area contributed by atoms with E-state index in [0.717, 1.165) is 19.3 Å². The van der Waals surface area contributed by atoms with E-state index >= 15 is 0 Å². The number of hydrogen-bond acceptors (Lipinski definition) is 6. The molecule has 3 saturated heterocycles. The lowest BCUT2D eigenvalue weighted by atomic mass is 9.69. The van der Waals surface area contributed by atoms with Crippen molar-refractivity contribution in [2.75, 3.05) is 31.6 Å². The van der Waals surface area contributed by atoms with Crippen molar-refractivity contribution in [1.29, 1.82) is 0 Å². The highest BCUT2D eigenvalue weighted by atomic mass is 35.5. The number of ether oxygens (including phenoxy) is 2. The van der Waals surface area contributed by atoms with Gasteiger partial charge < -0.3 is 24.6 Å². The average Bonchev–Trinajstić information content (AvgIpc) is 3.33. The van der Waals surface area contributed by atoms with E-state index in [-0.39, 0.29) is 48.2 Å². The van der Waals surface area contributed by atoms with Crippen LogP contribution in [-0.4, -0.2) is 84.4 Å². The van der Waals surface area contributed by atoms with Crippen molar-refractivity contribution in [2.24, 2.45) is 11.8 Å². The number of rotatable bonds is 3. The van der Waals surface area contributed by atoms with Gasteiger partial charge in [0.15, 0.2) is 0 Å². The molecule has 9 nitrogen and oxygen atoms in total. The molecule has 4 amide bonds. The first-order chi connectivity index (χ1) is 17.6. The maximum atomic E-state index is 14.2. The molecule has 1 aromatic rings. The van der Waals surface area contributed by atoms with E-state index in [1.165, 1.54) is 4.90 Å². The van der Waals surface area contributed by atoms with E-state index in [1.54, 1.807) is 36.3 Å². The zero-order valence-electron chi connectivity index (χ0n) is 22.0. The van der Waals surface area contributed by atoms with Crippen LogP contribution < -0.4 is 10.2 Å². The van der Waals surface area contributed by atoms with E-state index in [0.29, 0.717) is 36.8 Å². The van der Waals surface area contributed by atoms with Gasteiger partial charge in [-0.25, -0.2) is 14.5 Å². The van der Waals surface area contributed by atoms with Crippen molar-refractivity contribution in [1.82, 2.24) is 15.1 Å². The van der Waals surface area contributed by atoms with Crippen LogP contribution in [0, 0.1) is 11.8 Å². The van der Waals surface area contributed by atoms with Crippen molar-refractivity contribution in [2.45, 2.75) is 76.3 Å². The summed E-state index contributed by atoms with van der Waals surface area (Å²) < 4.78 is 11.4. The maximum absolute atomic E-state index is 14.2. The molecular weight excluding hydrogens is 496 g/mol. The number of hydrogen-bond donors (Lipinski definition) is 1. The van der Waals surface area contributed by atoms with Crippen LogP contribution in [0.2, 0.25) is 5.02 Å². The number of methoxy groups -OCH3 is 1. The van der Waals surface area contributed by atoms with Gasteiger partial charge in [-0.15, -0.1) is 0 Å². The van der Waals surface area contributed by atoms with Crippen LogP contribution >= 0.6 is 11.6 Å². The lowest BCUT2D eigenvalue weighted by Gasteiger charge is -2.56. The number of amides is 4. The minimum absolute atomic E-state index is 0.0413. The van der Waals surface area contributed by atoms with Gasteiger partial charge in [0, 0.05) is 37.8 Å². The predicted molar refractivity (Wildman–Crippen MR) is 140 cm³/mol. The van der Waals surface area contributed by atoms with Crippen molar-refractivity contribution >= 4 is 35.3 Å². The molecule has 4 fully saturated rings. The zero-order chi connectivity index (χ0) is 26.5. The Balaban J connectivity index is 1.49. The Bertz CT molecular complexity index is 1060. The molecule has 6 atom stereocenters. The summed E-state index contributed by atoms with van der Waals surface area (Å²) in [6.07, 6.45) is 3.14. The summed E-state index contributed by atoms with van der Waals surface area (Å²) in [6.45, 7) is 6.87. The van der Waals surface area contributed by atoms with Crippen LogP contribution in [-0.2, 0) is 14.3 Å². The van der Waals surface area contributed by atoms with Crippen LogP contribution in [0.25, 0.3) is 0 Å². The van der Waals surface area contributed by atoms with Crippen molar-refractivity contribution in [3.8, 4) is 0 Å². The normalized spacial score (nSPS) is 32.3. The van der Waals surface area contributed by atoms with Gasteiger partial charge in [0.2, 0.25) is 5.91 Å². The molecule has 10 heteroatoms. The smallest absolute Gasteiger partial charge is 0.410 e. The summed E-state index contributed by atoms with van der Waals surface area (Å²) in [4.78, 5) is 45.8.